The standard InChI is InChI=1S/C11H21BrN2O2/c1-10(2,3)13-8(15)7-14(6)9(16)11(4,5)12/h7H2,1-6H3,(H,13,15). The molecule has 1 N–H and O–H groups in total. The van der Waals surface area contributed by atoms with Crippen LogP contribution in [0.25, 0.3) is 0 Å². The Morgan fingerprint density at radius 1 is 1.19 bits per heavy atom. The van der Waals surface area contributed by atoms with Crippen molar-refractivity contribution in [3.63, 3.8) is 0 Å². The minimum absolute atomic E-state index is 0.0745. The van der Waals surface area contributed by atoms with Crippen LogP contribution in [0.2, 0.25) is 0 Å². The SMILES string of the molecule is CN(CC(=O)NC(C)(C)C)C(=O)C(C)(C)Br. The largest absolute Gasteiger partial charge is 0.350 e. The summed E-state index contributed by atoms with van der Waals surface area (Å²) >= 11 is 3.27. The number of rotatable bonds is 3. The topological polar surface area (TPSA) is 49.4 Å². The maximum absolute atomic E-state index is 11.8. The third-order valence-electron chi connectivity index (χ3n) is 1.75. The normalized spacial score (nSPS) is 12.2. The molecule has 94 valence electrons. The summed E-state index contributed by atoms with van der Waals surface area (Å²) in [5, 5.41) is 2.81. The second-order valence-corrected chi connectivity index (χ2v) is 7.41. The highest BCUT2D eigenvalue weighted by molar-refractivity contribution is 9.10. The summed E-state index contributed by atoms with van der Waals surface area (Å²) in [4.78, 5) is 24.8. The minimum Gasteiger partial charge on any atom is -0.350 e. The average Bonchev–Trinajstić information content (AvgIpc) is 1.96. The summed E-state index contributed by atoms with van der Waals surface area (Å²) in [7, 11) is 1.62. The zero-order valence-electron chi connectivity index (χ0n) is 10.8. The molecule has 4 nitrogen and oxygen atoms in total. The average molecular weight is 293 g/mol. The van der Waals surface area contributed by atoms with E-state index in [2.05, 4.69) is 21.2 Å². The van der Waals surface area contributed by atoms with Crippen LogP contribution in [0.4, 0.5) is 0 Å². The molecule has 0 aromatic rings. The van der Waals surface area contributed by atoms with Gasteiger partial charge in [0.25, 0.3) is 0 Å². The summed E-state index contributed by atoms with van der Waals surface area (Å²) < 4.78 is -0.635. The number of amides is 2. The van der Waals surface area contributed by atoms with Gasteiger partial charge in [-0.15, -0.1) is 0 Å². The fourth-order valence-electron chi connectivity index (χ4n) is 1.20. The lowest BCUT2D eigenvalue weighted by Crippen LogP contribution is -2.48. The van der Waals surface area contributed by atoms with Crippen LogP contribution in [0.1, 0.15) is 34.6 Å². The number of carbonyl (C=O) groups excluding carboxylic acids is 2. The number of hydrogen-bond donors (Lipinski definition) is 1. The van der Waals surface area contributed by atoms with E-state index in [4.69, 9.17) is 0 Å². The van der Waals surface area contributed by atoms with Gasteiger partial charge in [0, 0.05) is 12.6 Å². The highest BCUT2D eigenvalue weighted by Gasteiger charge is 2.28. The highest BCUT2D eigenvalue weighted by Crippen LogP contribution is 2.18. The van der Waals surface area contributed by atoms with E-state index in [0.29, 0.717) is 0 Å². The Kier molecular flexibility index (Phi) is 4.98. The molecular weight excluding hydrogens is 272 g/mol. The molecule has 16 heavy (non-hydrogen) atoms. The van der Waals surface area contributed by atoms with Gasteiger partial charge in [-0.3, -0.25) is 9.59 Å². The summed E-state index contributed by atoms with van der Waals surface area (Å²) in [6.45, 7) is 9.30. The van der Waals surface area contributed by atoms with E-state index in [1.165, 1.54) is 4.90 Å². The Hall–Kier alpha value is -0.580. The van der Waals surface area contributed by atoms with Crippen LogP contribution in [0, 0.1) is 0 Å². The molecule has 0 bridgehead atoms. The zero-order chi connectivity index (χ0) is 13.1. The molecule has 0 aliphatic heterocycles. The summed E-state index contributed by atoms with van der Waals surface area (Å²) in [5.41, 5.74) is -0.273. The van der Waals surface area contributed by atoms with Gasteiger partial charge in [0.2, 0.25) is 11.8 Å². The van der Waals surface area contributed by atoms with Crippen molar-refractivity contribution in [2.45, 2.75) is 44.5 Å². The molecule has 0 heterocycles. The Morgan fingerprint density at radius 2 is 1.62 bits per heavy atom. The third kappa shape index (κ3) is 6.10. The number of halogens is 1. The van der Waals surface area contributed by atoms with Gasteiger partial charge >= 0.3 is 0 Å². The van der Waals surface area contributed by atoms with Crippen molar-refractivity contribution < 1.29 is 9.59 Å². The molecule has 2 amide bonds. The molecular formula is C11H21BrN2O2. The lowest BCUT2D eigenvalue weighted by Gasteiger charge is -2.26. The van der Waals surface area contributed by atoms with Crippen LogP contribution < -0.4 is 5.32 Å². The van der Waals surface area contributed by atoms with Crippen molar-refractivity contribution in [2.24, 2.45) is 0 Å². The first kappa shape index (κ1) is 15.4. The lowest BCUT2D eigenvalue weighted by molar-refractivity contribution is -0.136. The van der Waals surface area contributed by atoms with Crippen LogP contribution in [0.3, 0.4) is 0 Å². The van der Waals surface area contributed by atoms with E-state index in [9.17, 15) is 9.59 Å². The van der Waals surface area contributed by atoms with Gasteiger partial charge < -0.3 is 10.2 Å². The van der Waals surface area contributed by atoms with Gasteiger partial charge in [-0.05, 0) is 34.6 Å². The molecule has 0 aliphatic carbocycles. The quantitative estimate of drug-likeness (QED) is 0.802. The van der Waals surface area contributed by atoms with E-state index in [1.807, 2.05) is 20.8 Å². The summed E-state index contributed by atoms with van der Waals surface area (Å²) in [5.74, 6) is -0.267. The number of likely N-dealkylation sites (N-methyl/N-ethyl adjacent to an activating group) is 1. The molecule has 0 fully saturated rings. The van der Waals surface area contributed by atoms with Crippen LogP contribution in [0.5, 0.6) is 0 Å². The molecule has 0 saturated heterocycles. The number of hydrogen-bond acceptors (Lipinski definition) is 2. The van der Waals surface area contributed by atoms with E-state index in [1.54, 1.807) is 20.9 Å². The Balaban J connectivity index is 4.32. The van der Waals surface area contributed by atoms with Gasteiger partial charge in [0.15, 0.2) is 0 Å². The van der Waals surface area contributed by atoms with Crippen molar-refractivity contribution in [3.8, 4) is 0 Å². The van der Waals surface area contributed by atoms with Crippen molar-refractivity contribution in [1.82, 2.24) is 10.2 Å². The Morgan fingerprint density at radius 3 is 1.94 bits per heavy atom. The number of nitrogens with one attached hydrogen (secondary N) is 1. The zero-order valence-corrected chi connectivity index (χ0v) is 12.4. The molecule has 0 aromatic heterocycles. The van der Waals surface area contributed by atoms with E-state index in [0.717, 1.165) is 0 Å². The van der Waals surface area contributed by atoms with Gasteiger partial charge in [0.1, 0.15) is 0 Å². The highest BCUT2D eigenvalue weighted by atomic mass is 79.9. The molecule has 0 spiro atoms. The van der Waals surface area contributed by atoms with Gasteiger partial charge in [-0.2, -0.15) is 0 Å². The monoisotopic (exact) mass is 292 g/mol. The first-order valence-electron chi connectivity index (χ1n) is 5.19. The fourth-order valence-corrected chi connectivity index (χ4v) is 1.50. The van der Waals surface area contributed by atoms with Crippen LogP contribution in [-0.4, -0.2) is 40.2 Å². The number of nitrogens with zero attached hydrogens (tertiary/aromatic N) is 1. The predicted octanol–water partition coefficient (Wildman–Crippen LogP) is 1.53. The minimum atomic E-state index is -0.635. The van der Waals surface area contributed by atoms with Crippen molar-refractivity contribution in [1.29, 1.82) is 0 Å². The molecule has 0 unspecified atom stereocenters. The van der Waals surface area contributed by atoms with Crippen molar-refractivity contribution in [3.05, 3.63) is 0 Å². The summed E-state index contributed by atoms with van der Waals surface area (Å²) in [6, 6.07) is 0. The van der Waals surface area contributed by atoms with Gasteiger partial charge in [0.05, 0.1) is 10.9 Å². The molecule has 0 aliphatic rings. The van der Waals surface area contributed by atoms with Crippen LogP contribution in [-0.2, 0) is 9.59 Å². The molecule has 0 radical (unpaired) electrons. The lowest BCUT2D eigenvalue weighted by atomic mass is 10.1. The number of carbonyl (C=O) groups is 2. The maximum Gasteiger partial charge on any atom is 0.240 e. The molecule has 0 saturated carbocycles. The van der Waals surface area contributed by atoms with E-state index >= 15 is 0 Å². The smallest absolute Gasteiger partial charge is 0.240 e. The van der Waals surface area contributed by atoms with Gasteiger partial charge in [-0.25, -0.2) is 0 Å². The molecule has 5 heteroatoms. The van der Waals surface area contributed by atoms with Crippen molar-refractivity contribution >= 4 is 27.7 Å². The first-order valence-corrected chi connectivity index (χ1v) is 5.98. The predicted molar refractivity (Wildman–Crippen MR) is 68.5 cm³/mol. The second-order valence-electron chi connectivity index (χ2n) is 5.43. The van der Waals surface area contributed by atoms with E-state index < -0.39 is 4.32 Å². The van der Waals surface area contributed by atoms with Crippen LogP contribution >= 0.6 is 15.9 Å². The van der Waals surface area contributed by atoms with Crippen LogP contribution in [0.15, 0.2) is 0 Å². The van der Waals surface area contributed by atoms with Gasteiger partial charge in [-0.1, -0.05) is 15.9 Å². The fraction of sp³-hybridized carbons (Fsp3) is 0.818. The maximum atomic E-state index is 11.8. The summed E-state index contributed by atoms with van der Waals surface area (Å²) in [6.07, 6.45) is 0. The third-order valence-corrected chi connectivity index (χ3v) is 2.09. The Bertz CT molecular complexity index is 277. The molecule has 0 aromatic carbocycles. The first-order chi connectivity index (χ1) is 6.93. The second kappa shape index (κ2) is 5.17. The molecule has 0 rings (SSSR count). The van der Waals surface area contributed by atoms with Crippen molar-refractivity contribution in [2.75, 3.05) is 13.6 Å². The molecule has 0 atom stereocenters. The number of alkyl halides is 1. The Labute approximate surface area is 106 Å². The van der Waals surface area contributed by atoms with E-state index in [-0.39, 0.29) is 23.9 Å².